The Morgan fingerprint density at radius 3 is 2.63 bits per heavy atom. The summed E-state index contributed by atoms with van der Waals surface area (Å²) in [5, 5.41) is 0. The number of ether oxygens (including phenoxy) is 6. The standard InChI is InChI=1S/C23H29NO6/c1-25-23(16-26-17-23)20-13-19(30-15-18-7-3-2-4-8-18)14-21(24-20)27-11-12-29-22-9-5-6-10-28-22/h2-4,7-8,13-14,22H,5-6,9-12,15-17H2,1H3. The van der Waals surface area contributed by atoms with Crippen molar-refractivity contribution in [3.05, 3.63) is 53.7 Å². The summed E-state index contributed by atoms with van der Waals surface area (Å²) in [6, 6.07) is 13.7. The van der Waals surface area contributed by atoms with Crippen molar-refractivity contribution >= 4 is 0 Å². The minimum Gasteiger partial charge on any atom is -0.489 e. The summed E-state index contributed by atoms with van der Waals surface area (Å²) in [6.45, 7) is 2.96. The molecule has 2 aliphatic rings. The molecule has 0 aliphatic carbocycles. The van der Waals surface area contributed by atoms with Crippen LogP contribution in [0.15, 0.2) is 42.5 Å². The third-order valence-corrected chi connectivity index (χ3v) is 5.33. The summed E-state index contributed by atoms with van der Waals surface area (Å²) in [4.78, 5) is 4.64. The summed E-state index contributed by atoms with van der Waals surface area (Å²) in [5.74, 6) is 1.16. The lowest BCUT2D eigenvalue weighted by Crippen LogP contribution is -2.48. The van der Waals surface area contributed by atoms with Gasteiger partial charge in [0, 0.05) is 25.8 Å². The number of rotatable bonds is 10. The predicted octanol–water partition coefficient (Wildman–Crippen LogP) is 3.45. The van der Waals surface area contributed by atoms with E-state index in [-0.39, 0.29) is 6.29 Å². The van der Waals surface area contributed by atoms with Gasteiger partial charge in [0.15, 0.2) is 11.9 Å². The van der Waals surface area contributed by atoms with Crippen LogP contribution in [-0.2, 0) is 31.2 Å². The lowest BCUT2D eigenvalue weighted by molar-refractivity contribution is -0.204. The molecule has 0 saturated carbocycles. The van der Waals surface area contributed by atoms with Crippen molar-refractivity contribution in [2.24, 2.45) is 0 Å². The molecule has 7 nitrogen and oxygen atoms in total. The van der Waals surface area contributed by atoms with Crippen LogP contribution < -0.4 is 9.47 Å². The first-order valence-corrected chi connectivity index (χ1v) is 10.5. The summed E-state index contributed by atoms with van der Waals surface area (Å²) < 4.78 is 34.3. The van der Waals surface area contributed by atoms with Gasteiger partial charge in [0.25, 0.3) is 0 Å². The van der Waals surface area contributed by atoms with Crippen LogP contribution in [0.1, 0.15) is 30.5 Å². The zero-order valence-corrected chi connectivity index (χ0v) is 17.4. The van der Waals surface area contributed by atoms with Gasteiger partial charge in [0.05, 0.1) is 25.5 Å². The van der Waals surface area contributed by atoms with E-state index in [1.807, 2.05) is 36.4 Å². The van der Waals surface area contributed by atoms with E-state index in [9.17, 15) is 0 Å². The van der Waals surface area contributed by atoms with Gasteiger partial charge in [-0.25, -0.2) is 4.98 Å². The summed E-state index contributed by atoms with van der Waals surface area (Å²) in [7, 11) is 1.67. The van der Waals surface area contributed by atoms with E-state index in [1.54, 1.807) is 13.2 Å². The molecule has 2 fully saturated rings. The number of aromatic nitrogens is 1. The molecule has 1 unspecified atom stereocenters. The first-order chi connectivity index (χ1) is 14.8. The van der Waals surface area contributed by atoms with E-state index in [1.165, 1.54) is 0 Å². The van der Waals surface area contributed by atoms with E-state index in [4.69, 9.17) is 28.4 Å². The van der Waals surface area contributed by atoms with Crippen LogP contribution in [0.2, 0.25) is 0 Å². The Bertz CT molecular complexity index is 784. The molecular formula is C23H29NO6. The minimum absolute atomic E-state index is 0.129. The Kier molecular flexibility index (Phi) is 7.17. The summed E-state index contributed by atoms with van der Waals surface area (Å²) in [5.41, 5.74) is 1.28. The largest absolute Gasteiger partial charge is 0.489 e. The Labute approximate surface area is 177 Å². The molecule has 0 bridgehead atoms. The van der Waals surface area contributed by atoms with E-state index in [0.717, 1.165) is 37.1 Å². The zero-order chi connectivity index (χ0) is 20.7. The van der Waals surface area contributed by atoms with Gasteiger partial charge >= 0.3 is 0 Å². The average Bonchev–Trinajstić information content (AvgIpc) is 2.76. The van der Waals surface area contributed by atoms with Crippen molar-refractivity contribution < 1.29 is 28.4 Å². The first-order valence-electron chi connectivity index (χ1n) is 10.5. The fourth-order valence-corrected chi connectivity index (χ4v) is 3.44. The van der Waals surface area contributed by atoms with Crippen molar-refractivity contribution in [1.29, 1.82) is 0 Å². The monoisotopic (exact) mass is 415 g/mol. The van der Waals surface area contributed by atoms with Crippen molar-refractivity contribution in [1.82, 2.24) is 4.98 Å². The number of methoxy groups -OCH3 is 1. The van der Waals surface area contributed by atoms with Crippen LogP contribution in [0.5, 0.6) is 11.6 Å². The van der Waals surface area contributed by atoms with E-state index >= 15 is 0 Å². The lowest BCUT2D eigenvalue weighted by atomic mass is 9.96. The molecule has 7 heteroatoms. The van der Waals surface area contributed by atoms with Gasteiger partial charge in [0.1, 0.15) is 19.0 Å². The molecule has 2 saturated heterocycles. The molecule has 0 amide bonds. The molecular weight excluding hydrogens is 386 g/mol. The van der Waals surface area contributed by atoms with E-state index in [0.29, 0.717) is 44.7 Å². The molecule has 3 heterocycles. The third-order valence-electron chi connectivity index (χ3n) is 5.33. The molecule has 0 radical (unpaired) electrons. The minimum atomic E-state index is -0.559. The van der Waals surface area contributed by atoms with Gasteiger partial charge in [-0.1, -0.05) is 30.3 Å². The quantitative estimate of drug-likeness (QED) is 0.551. The lowest BCUT2D eigenvalue weighted by Gasteiger charge is -2.39. The fraction of sp³-hybridized carbons (Fsp3) is 0.522. The second-order valence-electron chi connectivity index (χ2n) is 7.51. The van der Waals surface area contributed by atoms with Crippen LogP contribution in [0.25, 0.3) is 0 Å². The second kappa shape index (κ2) is 10.2. The average molecular weight is 415 g/mol. The smallest absolute Gasteiger partial charge is 0.217 e. The Morgan fingerprint density at radius 2 is 1.93 bits per heavy atom. The number of benzene rings is 1. The molecule has 0 N–H and O–H groups in total. The van der Waals surface area contributed by atoms with Crippen LogP contribution in [-0.4, -0.2) is 51.4 Å². The van der Waals surface area contributed by atoms with Crippen LogP contribution in [0.4, 0.5) is 0 Å². The molecule has 2 aliphatic heterocycles. The van der Waals surface area contributed by atoms with Crippen LogP contribution in [0.3, 0.4) is 0 Å². The van der Waals surface area contributed by atoms with Gasteiger partial charge in [-0.05, 0) is 24.8 Å². The van der Waals surface area contributed by atoms with E-state index in [2.05, 4.69) is 4.98 Å². The highest BCUT2D eigenvalue weighted by molar-refractivity contribution is 5.34. The Hall–Kier alpha value is -2.19. The highest BCUT2D eigenvalue weighted by Crippen LogP contribution is 2.35. The molecule has 30 heavy (non-hydrogen) atoms. The maximum atomic E-state index is 6.02. The second-order valence-corrected chi connectivity index (χ2v) is 7.51. The first kappa shape index (κ1) is 21.1. The fourth-order valence-electron chi connectivity index (χ4n) is 3.44. The SMILES string of the molecule is COC1(c2cc(OCc3ccccc3)cc(OCCOC3CCCCO3)n2)COC1. The zero-order valence-electron chi connectivity index (χ0n) is 17.4. The highest BCUT2D eigenvalue weighted by Gasteiger charge is 2.42. The number of hydrogen-bond donors (Lipinski definition) is 0. The van der Waals surface area contributed by atoms with Gasteiger partial charge in [-0.2, -0.15) is 0 Å². The molecule has 0 spiro atoms. The Morgan fingerprint density at radius 1 is 1.07 bits per heavy atom. The van der Waals surface area contributed by atoms with Gasteiger partial charge in [-0.3, -0.25) is 0 Å². The normalized spacial score (nSPS) is 20.4. The maximum absolute atomic E-state index is 6.02. The number of pyridine rings is 1. The highest BCUT2D eigenvalue weighted by atomic mass is 16.7. The molecule has 2 aromatic rings. The number of nitrogens with zero attached hydrogens (tertiary/aromatic N) is 1. The topological polar surface area (TPSA) is 68.3 Å². The molecule has 1 aromatic heterocycles. The number of hydrogen-bond acceptors (Lipinski definition) is 7. The summed E-state index contributed by atoms with van der Waals surface area (Å²) >= 11 is 0. The summed E-state index contributed by atoms with van der Waals surface area (Å²) in [6.07, 6.45) is 3.04. The molecule has 4 rings (SSSR count). The van der Waals surface area contributed by atoms with Crippen molar-refractivity contribution in [2.45, 2.75) is 37.8 Å². The van der Waals surface area contributed by atoms with Crippen LogP contribution >= 0.6 is 0 Å². The van der Waals surface area contributed by atoms with Crippen molar-refractivity contribution in [3.8, 4) is 11.6 Å². The third kappa shape index (κ3) is 5.29. The maximum Gasteiger partial charge on any atom is 0.217 e. The molecule has 1 aromatic carbocycles. The Balaban J connectivity index is 1.40. The van der Waals surface area contributed by atoms with Gasteiger partial charge in [-0.15, -0.1) is 0 Å². The van der Waals surface area contributed by atoms with Gasteiger partial charge in [0.2, 0.25) is 5.88 Å². The van der Waals surface area contributed by atoms with E-state index < -0.39 is 5.60 Å². The van der Waals surface area contributed by atoms with Crippen molar-refractivity contribution in [3.63, 3.8) is 0 Å². The van der Waals surface area contributed by atoms with Gasteiger partial charge < -0.3 is 28.4 Å². The predicted molar refractivity (Wildman–Crippen MR) is 110 cm³/mol. The molecule has 162 valence electrons. The van der Waals surface area contributed by atoms with Crippen LogP contribution in [0, 0.1) is 0 Å². The van der Waals surface area contributed by atoms with Crippen molar-refractivity contribution in [2.75, 3.05) is 40.1 Å². The molecule has 1 atom stereocenters.